The van der Waals surface area contributed by atoms with E-state index in [0.29, 0.717) is 32.1 Å². The molecule has 0 N–H and O–H groups in total. The number of piperidine rings is 1. The Morgan fingerprint density at radius 2 is 2.19 bits per heavy atom. The van der Waals surface area contributed by atoms with Crippen molar-refractivity contribution >= 4 is 5.91 Å². The van der Waals surface area contributed by atoms with E-state index in [0.717, 1.165) is 25.7 Å². The van der Waals surface area contributed by atoms with E-state index in [4.69, 9.17) is 9.47 Å². The smallest absolute Gasteiger partial charge is 0.244 e. The summed E-state index contributed by atoms with van der Waals surface area (Å²) in [6, 6.07) is 1.82. The molecule has 4 heterocycles. The van der Waals surface area contributed by atoms with Gasteiger partial charge in [0.2, 0.25) is 11.8 Å². The van der Waals surface area contributed by atoms with E-state index in [1.165, 1.54) is 0 Å². The average Bonchev–Trinajstić information content (AvgIpc) is 3.16. The molecule has 2 aromatic rings. The van der Waals surface area contributed by atoms with E-state index >= 15 is 0 Å². The molecule has 1 unspecified atom stereocenters. The third-order valence-corrected chi connectivity index (χ3v) is 5.16. The first-order valence-electron chi connectivity index (χ1n) is 9.04. The molecule has 0 aliphatic carbocycles. The molecule has 26 heavy (non-hydrogen) atoms. The molecule has 1 spiro atoms. The summed E-state index contributed by atoms with van der Waals surface area (Å²) in [5.41, 5.74) is -0.201. The van der Waals surface area contributed by atoms with Crippen LogP contribution in [-0.4, -0.2) is 62.0 Å². The van der Waals surface area contributed by atoms with Gasteiger partial charge in [0.25, 0.3) is 0 Å². The lowest BCUT2D eigenvalue weighted by atomic mass is 9.83. The third-order valence-electron chi connectivity index (χ3n) is 5.16. The minimum Gasteiger partial charge on any atom is -0.473 e. The van der Waals surface area contributed by atoms with Gasteiger partial charge in [-0.1, -0.05) is 0 Å². The molecule has 8 heteroatoms. The molecule has 0 aromatic carbocycles. The number of hydrogen-bond donors (Lipinski definition) is 0. The first-order chi connectivity index (χ1) is 12.7. The lowest BCUT2D eigenvalue weighted by Crippen LogP contribution is -2.52. The Morgan fingerprint density at radius 3 is 2.92 bits per heavy atom. The molecule has 1 amide bonds. The van der Waals surface area contributed by atoms with Gasteiger partial charge in [-0.3, -0.25) is 14.5 Å². The van der Waals surface area contributed by atoms with Gasteiger partial charge in [0.15, 0.2) is 0 Å². The van der Waals surface area contributed by atoms with Crippen LogP contribution in [0.2, 0.25) is 0 Å². The Labute approximate surface area is 152 Å². The molecular weight excluding hydrogens is 334 g/mol. The zero-order chi connectivity index (χ0) is 17.8. The Hall–Kier alpha value is -2.48. The van der Waals surface area contributed by atoms with Gasteiger partial charge in [0, 0.05) is 50.7 Å². The van der Waals surface area contributed by atoms with Crippen LogP contribution in [0.1, 0.15) is 25.7 Å². The molecule has 0 saturated carbocycles. The lowest BCUT2D eigenvalue weighted by molar-refractivity contribution is -0.152. The van der Waals surface area contributed by atoms with E-state index in [2.05, 4.69) is 15.1 Å². The minimum absolute atomic E-state index is 0.0757. The van der Waals surface area contributed by atoms with Gasteiger partial charge in [-0.2, -0.15) is 5.10 Å². The van der Waals surface area contributed by atoms with Gasteiger partial charge in [-0.15, -0.1) is 0 Å². The van der Waals surface area contributed by atoms with Crippen LogP contribution in [0, 0.1) is 0 Å². The third kappa shape index (κ3) is 3.85. The second-order valence-electron chi connectivity index (χ2n) is 6.89. The standard InChI is InChI=1S/C18H23N5O3/c24-17(14-23-8-1-5-21-23)22-9-3-18(4-10-22)12-15(2-11-25-18)26-16-13-19-6-7-20-16/h1,5-8,13,15H,2-4,9-12,14H2. The van der Waals surface area contributed by atoms with Crippen LogP contribution in [0.3, 0.4) is 0 Å². The number of carbonyl (C=O) groups is 1. The van der Waals surface area contributed by atoms with Gasteiger partial charge >= 0.3 is 0 Å². The molecule has 0 bridgehead atoms. The Morgan fingerprint density at radius 1 is 1.31 bits per heavy atom. The molecule has 2 fully saturated rings. The predicted molar refractivity (Wildman–Crippen MR) is 92.4 cm³/mol. The molecule has 0 radical (unpaired) electrons. The largest absolute Gasteiger partial charge is 0.473 e. The van der Waals surface area contributed by atoms with Crippen molar-refractivity contribution in [3.8, 4) is 5.88 Å². The number of rotatable bonds is 4. The molecule has 2 aliphatic rings. The summed E-state index contributed by atoms with van der Waals surface area (Å²) in [5, 5.41) is 4.10. The first-order valence-corrected chi connectivity index (χ1v) is 9.04. The summed E-state index contributed by atoms with van der Waals surface area (Å²) < 4.78 is 13.8. The van der Waals surface area contributed by atoms with E-state index in [-0.39, 0.29) is 17.6 Å². The maximum absolute atomic E-state index is 12.4. The summed E-state index contributed by atoms with van der Waals surface area (Å²) >= 11 is 0. The Bertz CT molecular complexity index is 714. The van der Waals surface area contributed by atoms with E-state index < -0.39 is 0 Å². The second-order valence-corrected chi connectivity index (χ2v) is 6.89. The zero-order valence-corrected chi connectivity index (χ0v) is 14.7. The van der Waals surface area contributed by atoms with Crippen molar-refractivity contribution in [2.45, 2.75) is 43.9 Å². The molecule has 2 saturated heterocycles. The number of carbonyl (C=O) groups excluding carboxylic acids is 1. The highest BCUT2D eigenvalue weighted by Gasteiger charge is 2.42. The summed E-state index contributed by atoms with van der Waals surface area (Å²) in [6.07, 6.45) is 11.8. The van der Waals surface area contributed by atoms with E-state index in [9.17, 15) is 4.79 Å². The fourth-order valence-electron chi connectivity index (χ4n) is 3.75. The van der Waals surface area contributed by atoms with Gasteiger partial charge in [0.05, 0.1) is 18.4 Å². The van der Waals surface area contributed by atoms with Crippen molar-refractivity contribution in [1.29, 1.82) is 0 Å². The fraction of sp³-hybridized carbons (Fsp3) is 0.556. The second kappa shape index (κ2) is 7.41. The number of likely N-dealkylation sites (tertiary alicyclic amines) is 1. The van der Waals surface area contributed by atoms with Gasteiger partial charge in [-0.05, 0) is 18.9 Å². The maximum atomic E-state index is 12.4. The highest BCUT2D eigenvalue weighted by molar-refractivity contribution is 5.76. The van der Waals surface area contributed by atoms with Crippen molar-refractivity contribution in [2.24, 2.45) is 0 Å². The molecule has 2 aliphatic heterocycles. The van der Waals surface area contributed by atoms with Gasteiger partial charge < -0.3 is 14.4 Å². The average molecular weight is 357 g/mol. The lowest BCUT2D eigenvalue weighted by Gasteiger charge is -2.45. The number of nitrogens with zero attached hydrogens (tertiary/aromatic N) is 5. The zero-order valence-electron chi connectivity index (χ0n) is 14.7. The highest BCUT2D eigenvalue weighted by atomic mass is 16.5. The van der Waals surface area contributed by atoms with Crippen molar-refractivity contribution in [2.75, 3.05) is 19.7 Å². The fourth-order valence-corrected chi connectivity index (χ4v) is 3.75. The minimum atomic E-state index is -0.201. The number of hydrogen-bond acceptors (Lipinski definition) is 6. The van der Waals surface area contributed by atoms with Crippen LogP contribution in [0.15, 0.2) is 37.1 Å². The molecule has 2 aromatic heterocycles. The maximum Gasteiger partial charge on any atom is 0.244 e. The topological polar surface area (TPSA) is 82.4 Å². The van der Waals surface area contributed by atoms with Crippen molar-refractivity contribution in [3.05, 3.63) is 37.1 Å². The van der Waals surface area contributed by atoms with Crippen molar-refractivity contribution in [3.63, 3.8) is 0 Å². The van der Waals surface area contributed by atoms with Crippen LogP contribution in [0.5, 0.6) is 5.88 Å². The van der Waals surface area contributed by atoms with E-state index in [1.807, 2.05) is 17.2 Å². The van der Waals surface area contributed by atoms with Crippen LogP contribution in [-0.2, 0) is 16.1 Å². The molecule has 138 valence electrons. The Kier molecular flexibility index (Phi) is 4.83. The Balaban J connectivity index is 1.31. The monoisotopic (exact) mass is 357 g/mol. The van der Waals surface area contributed by atoms with Gasteiger partial charge in [-0.25, -0.2) is 4.98 Å². The molecule has 4 rings (SSSR count). The number of aromatic nitrogens is 4. The highest BCUT2D eigenvalue weighted by Crippen LogP contribution is 2.36. The first kappa shape index (κ1) is 17.0. The SMILES string of the molecule is O=C(Cn1cccn1)N1CCC2(CC1)CC(Oc1cnccn1)CCO2. The molecule has 1 atom stereocenters. The predicted octanol–water partition coefficient (Wildman–Crippen LogP) is 1.29. The summed E-state index contributed by atoms with van der Waals surface area (Å²) in [5.74, 6) is 0.660. The quantitative estimate of drug-likeness (QED) is 0.820. The summed E-state index contributed by atoms with van der Waals surface area (Å²) in [6.45, 7) is 2.38. The van der Waals surface area contributed by atoms with Crippen LogP contribution >= 0.6 is 0 Å². The van der Waals surface area contributed by atoms with Crippen molar-refractivity contribution in [1.82, 2.24) is 24.6 Å². The normalized spacial score (nSPS) is 22.3. The number of ether oxygens (including phenoxy) is 2. The van der Waals surface area contributed by atoms with Crippen LogP contribution in [0.25, 0.3) is 0 Å². The van der Waals surface area contributed by atoms with Gasteiger partial charge in [0.1, 0.15) is 12.6 Å². The van der Waals surface area contributed by atoms with Crippen LogP contribution in [0.4, 0.5) is 0 Å². The summed E-state index contributed by atoms with van der Waals surface area (Å²) in [4.78, 5) is 22.6. The summed E-state index contributed by atoms with van der Waals surface area (Å²) in [7, 11) is 0. The van der Waals surface area contributed by atoms with E-state index in [1.54, 1.807) is 29.5 Å². The number of amides is 1. The van der Waals surface area contributed by atoms with Crippen molar-refractivity contribution < 1.29 is 14.3 Å². The van der Waals surface area contributed by atoms with Crippen LogP contribution < -0.4 is 4.74 Å². The molecular formula is C18H23N5O3. The molecule has 8 nitrogen and oxygen atoms in total.